The standard InChI is InChI=1S/C19H18F2N2O/c20-14-9-15(21)17-16(10-14)23(12-13-5-4-8-22-11-13)18(24)19(17)6-2-1-3-7-19/h4-5,8-11H,1-3,6-7,12H2. The van der Waals surface area contributed by atoms with Crippen molar-refractivity contribution in [3.8, 4) is 0 Å². The molecular formula is C19H18F2N2O. The zero-order valence-electron chi connectivity index (χ0n) is 13.3. The van der Waals surface area contributed by atoms with E-state index < -0.39 is 17.0 Å². The van der Waals surface area contributed by atoms with Gasteiger partial charge in [-0.25, -0.2) is 8.78 Å². The molecule has 1 aromatic carbocycles. The van der Waals surface area contributed by atoms with E-state index in [4.69, 9.17) is 0 Å². The number of pyridine rings is 1. The van der Waals surface area contributed by atoms with E-state index >= 15 is 0 Å². The lowest BCUT2D eigenvalue weighted by Gasteiger charge is -2.32. The maximum atomic E-state index is 14.6. The smallest absolute Gasteiger partial charge is 0.238 e. The van der Waals surface area contributed by atoms with Crippen molar-refractivity contribution >= 4 is 11.6 Å². The Hall–Kier alpha value is -2.30. The van der Waals surface area contributed by atoms with Gasteiger partial charge in [-0.3, -0.25) is 9.78 Å². The lowest BCUT2D eigenvalue weighted by molar-refractivity contribution is -0.124. The summed E-state index contributed by atoms with van der Waals surface area (Å²) in [6, 6.07) is 5.84. The summed E-state index contributed by atoms with van der Waals surface area (Å²) in [6.45, 7) is 0.282. The molecule has 1 fully saturated rings. The highest BCUT2D eigenvalue weighted by molar-refractivity contribution is 6.08. The zero-order valence-corrected chi connectivity index (χ0v) is 13.3. The lowest BCUT2D eigenvalue weighted by Crippen LogP contribution is -2.41. The van der Waals surface area contributed by atoms with Crippen LogP contribution in [-0.2, 0) is 16.8 Å². The molecule has 1 amide bonds. The van der Waals surface area contributed by atoms with Crippen LogP contribution >= 0.6 is 0 Å². The minimum atomic E-state index is -0.826. The van der Waals surface area contributed by atoms with E-state index in [0.29, 0.717) is 24.1 Å². The summed E-state index contributed by atoms with van der Waals surface area (Å²) in [4.78, 5) is 18.8. The minimum Gasteiger partial charge on any atom is -0.307 e. The molecule has 1 aliphatic heterocycles. The van der Waals surface area contributed by atoms with E-state index in [2.05, 4.69) is 4.98 Å². The maximum Gasteiger partial charge on any atom is 0.238 e. The number of nitrogens with zero attached hydrogens (tertiary/aromatic N) is 2. The molecule has 0 atom stereocenters. The van der Waals surface area contributed by atoms with Gasteiger partial charge in [0.15, 0.2) is 0 Å². The van der Waals surface area contributed by atoms with Gasteiger partial charge >= 0.3 is 0 Å². The average Bonchev–Trinajstić information content (AvgIpc) is 2.79. The number of benzene rings is 1. The molecule has 1 spiro atoms. The van der Waals surface area contributed by atoms with E-state index in [0.717, 1.165) is 30.9 Å². The molecule has 2 heterocycles. The topological polar surface area (TPSA) is 33.2 Å². The molecule has 3 nitrogen and oxygen atoms in total. The molecule has 1 aliphatic carbocycles. The highest BCUT2D eigenvalue weighted by Crippen LogP contribution is 2.51. The van der Waals surface area contributed by atoms with Crippen molar-refractivity contribution in [2.75, 3.05) is 4.90 Å². The Morgan fingerprint density at radius 2 is 1.96 bits per heavy atom. The predicted octanol–water partition coefficient (Wildman–Crippen LogP) is 4.11. The maximum absolute atomic E-state index is 14.6. The Bertz CT molecular complexity index is 785. The third kappa shape index (κ3) is 2.22. The van der Waals surface area contributed by atoms with Gasteiger partial charge in [0, 0.05) is 24.0 Å². The molecule has 0 unspecified atom stereocenters. The van der Waals surface area contributed by atoms with Crippen LogP contribution in [0, 0.1) is 11.6 Å². The second-order valence-electron chi connectivity index (χ2n) is 6.68. The molecule has 5 heteroatoms. The summed E-state index contributed by atoms with van der Waals surface area (Å²) >= 11 is 0. The van der Waals surface area contributed by atoms with Gasteiger partial charge in [0.25, 0.3) is 0 Å². The second-order valence-corrected chi connectivity index (χ2v) is 6.68. The molecule has 24 heavy (non-hydrogen) atoms. The highest BCUT2D eigenvalue weighted by atomic mass is 19.1. The first-order valence-electron chi connectivity index (χ1n) is 8.32. The van der Waals surface area contributed by atoms with Crippen LogP contribution in [0.15, 0.2) is 36.7 Å². The molecule has 1 saturated carbocycles. The fourth-order valence-corrected chi connectivity index (χ4v) is 4.17. The quantitative estimate of drug-likeness (QED) is 0.831. The number of hydrogen-bond donors (Lipinski definition) is 0. The Morgan fingerprint density at radius 1 is 1.17 bits per heavy atom. The molecule has 4 rings (SSSR count). The molecule has 0 N–H and O–H groups in total. The van der Waals surface area contributed by atoms with Crippen molar-refractivity contribution in [1.82, 2.24) is 4.98 Å². The third-order valence-corrected chi connectivity index (χ3v) is 5.23. The van der Waals surface area contributed by atoms with E-state index in [9.17, 15) is 13.6 Å². The van der Waals surface area contributed by atoms with Gasteiger partial charge < -0.3 is 4.90 Å². The zero-order chi connectivity index (χ0) is 16.7. The normalized spacial score (nSPS) is 18.9. The number of halogens is 2. The van der Waals surface area contributed by atoms with Gasteiger partial charge in [-0.15, -0.1) is 0 Å². The molecule has 0 radical (unpaired) electrons. The molecule has 0 saturated heterocycles. The first kappa shape index (κ1) is 15.2. The average molecular weight is 328 g/mol. The summed E-state index contributed by atoms with van der Waals surface area (Å²) in [6.07, 6.45) is 7.43. The SMILES string of the molecule is O=C1N(Cc2cccnc2)c2cc(F)cc(F)c2C12CCCCC2. The largest absolute Gasteiger partial charge is 0.307 e. The molecule has 0 bridgehead atoms. The van der Waals surface area contributed by atoms with E-state index in [-0.39, 0.29) is 12.5 Å². The van der Waals surface area contributed by atoms with Crippen molar-refractivity contribution in [2.45, 2.75) is 44.1 Å². The monoisotopic (exact) mass is 328 g/mol. The lowest BCUT2D eigenvalue weighted by atomic mass is 9.70. The Kier molecular flexibility index (Phi) is 3.59. The van der Waals surface area contributed by atoms with Crippen LogP contribution < -0.4 is 4.90 Å². The van der Waals surface area contributed by atoms with Crippen molar-refractivity contribution in [3.63, 3.8) is 0 Å². The van der Waals surface area contributed by atoms with Gasteiger partial charge in [-0.1, -0.05) is 25.3 Å². The van der Waals surface area contributed by atoms with Crippen LogP contribution in [0.5, 0.6) is 0 Å². The summed E-state index contributed by atoms with van der Waals surface area (Å²) in [5.41, 5.74) is 0.781. The van der Waals surface area contributed by atoms with E-state index in [1.807, 2.05) is 6.07 Å². The van der Waals surface area contributed by atoms with Crippen LogP contribution in [0.2, 0.25) is 0 Å². The second kappa shape index (κ2) is 5.65. The molecular weight excluding hydrogens is 310 g/mol. The van der Waals surface area contributed by atoms with Crippen LogP contribution in [0.25, 0.3) is 0 Å². The highest BCUT2D eigenvalue weighted by Gasteiger charge is 2.52. The number of anilines is 1. The number of aromatic nitrogens is 1. The van der Waals surface area contributed by atoms with Crippen LogP contribution in [0.4, 0.5) is 14.5 Å². The minimum absolute atomic E-state index is 0.106. The van der Waals surface area contributed by atoms with Gasteiger partial charge in [-0.2, -0.15) is 0 Å². The molecule has 2 aliphatic rings. The Labute approximate surface area is 139 Å². The van der Waals surface area contributed by atoms with Gasteiger partial charge in [0.1, 0.15) is 11.6 Å². The van der Waals surface area contributed by atoms with Gasteiger partial charge in [0.2, 0.25) is 5.91 Å². The number of amides is 1. The molecule has 124 valence electrons. The first-order valence-corrected chi connectivity index (χ1v) is 8.32. The summed E-state index contributed by atoms with van der Waals surface area (Å²) in [5, 5.41) is 0. The van der Waals surface area contributed by atoms with Crippen molar-refractivity contribution < 1.29 is 13.6 Å². The van der Waals surface area contributed by atoms with Crippen LogP contribution in [-0.4, -0.2) is 10.9 Å². The predicted molar refractivity (Wildman–Crippen MR) is 86.5 cm³/mol. The Balaban J connectivity index is 1.83. The van der Waals surface area contributed by atoms with Crippen molar-refractivity contribution in [3.05, 3.63) is 59.4 Å². The summed E-state index contributed by atoms with van der Waals surface area (Å²) in [7, 11) is 0. The number of hydrogen-bond acceptors (Lipinski definition) is 2. The van der Waals surface area contributed by atoms with Crippen LogP contribution in [0.3, 0.4) is 0 Å². The number of fused-ring (bicyclic) bond motifs is 2. The van der Waals surface area contributed by atoms with Crippen molar-refractivity contribution in [2.24, 2.45) is 0 Å². The van der Waals surface area contributed by atoms with E-state index in [1.54, 1.807) is 18.5 Å². The first-order chi connectivity index (χ1) is 11.6. The molecule has 1 aromatic heterocycles. The third-order valence-electron chi connectivity index (χ3n) is 5.23. The summed E-state index contributed by atoms with van der Waals surface area (Å²) in [5.74, 6) is -1.36. The fourth-order valence-electron chi connectivity index (χ4n) is 4.17. The number of carbonyl (C=O) groups is 1. The number of rotatable bonds is 2. The van der Waals surface area contributed by atoms with Crippen molar-refractivity contribution in [1.29, 1.82) is 0 Å². The number of carbonyl (C=O) groups excluding carboxylic acids is 1. The van der Waals surface area contributed by atoms with Crippen LogP contribution in [0.1, 0.15) is 43.2 Å². The Morgan fingerprint density at radius 3 is 2.67 bits per heavy atom. The summed E-state index contributed by atoms with van der Waals surface area (Å²) < 4.78 is 28.5. The van der Waals surface area contributed by atoms with Gasteiger partial charge in [-0.05, 0) is 30.5 Å². The fraction of sp³-hybridized carbons (Fsp3) is 0.368. The van der Waals surface area contributed by atoms with Gasteiger partial charge in [0.05, 0.1) is 17.6 Å². The van der Waals surface area contributed by atoms with E-state index in [1.165, 1.54) is 11.0 Å². The molecule has 2 aromatic rings.